The lowest BCUT2D eigenvalue weighted by atomic mass is 10.2. The van der Waals surface area contributed by atoms with E-state index in [0.717, 1.165) is 5.56 Å². The second-order valence-electron chi connectivity index (χ2n) is 2.11. The van der Waals surface area contributed by atoms with Crippen LogP contribution in [0, 0.1) is 6.92 Å². The molecule has 2 N–H and O–H groups in total. The number of hydrogen-bond acceptors (Lipinski definition) is 1. The van der Waals surface area contributed by atoms with E-state index in [-0.39, 0.29) is 0 Å². The molecule has 0 bridgehead atoms. The van der Waals surface area contributed by atoms with Gasteiger partial charge in [0.05, 0.1) is 4.90 Å². The van der Waals surface area contributed by atoms with Gasteiger partial charge in [0.2, 0.25) is 0 Å². The molecule has 0 aromatic heterocycles. The van der Waals surface area contributed by atoms with Crippen LogP contribution in [0.15, 0.2) is 29.2 Å². The Labute approximate surface area is 76.4 Å². The molecule has 1 unspecified atom stereocenters. The fourth-order valence-electron chi connectivity index (χ4n) is 0.740. The molecule has 1 aromatic rings. The summed E-state index contributed by atoms with van der Waals surface area (Å²) in [5, 5.41) is 5.15. The minimum Gasteiger partial charge on any atom is -0.248 e. The summed E-state index contributed by atoms with van der Waals surface area (Å²) in [5.41, 5.74) is 1.08. The second kappa shape index (κ2) is 5.91. The average molecular weight is 185 g/mol. The Bertz CT molecular complexity index is 260. The van der Waals surface area contributed by atoms with Gasteiger partial charge in [-0.3, -0.25) is 0 Å². The Hall–Kier alpha value is -0.670. The standard InChI is InChI=1S/C7H9NOS.C2H6/c1-6-3-2-4-7(5-6)10(8)9;1-2/h2-5H,8H2,1H3;1-2H3. The van der Waals surface area contributed by atoms with E-state index in [9.17, 15) is 4.21 Å². The molecule has 1 aromatic carbocycles. The van der Waals surface area contributed by atoms with Gasteiger partial charge < -0.3 is 0 Å². The lowest BCUT2D eigenvalue weighted by Crippen LogP contribution is -2.02. The molecule has 0 amide bonds. The third kappa shape index (κ3) is 3.64. The predicted octanol–water partition coefficient (Wildman–Crippen LogP) is 2.00. The molecule has 68 valence electrons. The number of benzene rings is 1. The number of rotatable bonds is 1. The molecule has 0 saturated heterocycles. The van der Waals surface area contributed by atoms with Gasteiger partial charge in [-0.1, -0.05) is 26.0 Å². The molecule has 1 atom stereocenters. The molecule has 0 aliphatic heterocycles. The van der Waals surface area contributed by atoms with Crippen LogP contribution < -0.4 is 5.14 Å². The van der Waals surface area contributed by atoms with Crippen LogP contribution in [-0.2, 0) is 11.0 Å². The van der Waals surface area contributed by atoms with Crippen molar-refractivity contribution in [2.45, 2.75) is 25.7 Å². The normalized spacial score (nSPS) is 11.3. The van der Waals surface area contributed by atoms with Crippen LogP contribution in [0.1, 0.15) is 19.4 Å². The largest absolute Gasteiger partial charge is 0.248 e. The SMILES string of the molecule is CC.Cc1cccc(S(N)=O)c1. The predicted molar refractivity (Wildman–Crippen MR) is 53.1 cm³/mol. The van der Waals surface area contributed by atoms with Crippen molar-refractivity contribution in [3.63, 3.8) is 0 Å². The van der Waals surface area contributed by atoms with E-state index in [2.05, 4.69) is 0 Å². The van der Waals surface area contributed by atoms with Gasteiger partial charge in [-0.05, 0) is 24.6 Å². The van der Waals surface area contributed by atoms with Crippen LogP contribution in [0.2, 0.25) is 0 Å². The first-order valence-corrected chi connectivity index (χ1v) is 5.14. The molecule has 0 aliphatic carbocycles. The van der Waals surface area contributed by atoms with E-state index in [1.54, 1.807) is 6.07 Å². The van der Waals surface area contributed by atoms with Crippen LogP contribution in [0.4, 0.5) is 0 Å². The fourth-order valence-corrected chi connectivity index (χ4v) is 1.26. The Balaban J connectivity index is 0.000000561. The van der Waals surface area contributed by atoms with Crippen molar-refractivity contribution in [1.29, 1.82) is 0 Å². The molecular formula is C9H15NOS. The Kier molecular flexibility index (Phi) is 5.58. The third-order valence-electron chi connectivity index (χ3n) is 1.22. The molecule has 2 nitrogen and oxygen atoms in total. The minimum atomic E-state index is -1.34. The highest BCUT2D eigenvalue weighted by Crippen LogP contribution is 2.04. The first-order chi connectivity index (χ1) is 5.70. The average Bonchev–Trinajstić information content (AvgIpc) is 2.08. The summed E-state index contributed by atoms with van der Waals surface area (Å²) in [6.45, 7) is 5.94. The Morgan fingerprint density at radius 2 is 1.92 bits per heavy atom. The Morgan fingerprint density at radius 1 is 1.33 bits per heavy atom. The van der Waals surface area contributed by atoms with Crippen LogP contribution >= 0.6 is 0 Å². The first-order valence-electron chi connectivity index (χ1n) is 3.93. The fraction of sp³-hybridized carbons (Fsp3) is 0.333. The monoisotopic (exact) mass is 185 g/mol. The maximum absolute atomic E-state index is 10.7. The molecule has 3 heteroatoms. The zero-order chi connectivity index (χ0) is 9.56. The van der Waals surface area contributed by atoms with Crippen molar-refractivity contribution in [1.82, 2.24) is 0 Å². The number of nitrogens with two attached hydrogens (primary N) is 1. The Morgan fingerprint density at radius 3 is 2.25 bits per heavy atom. The summed E-state index contributed by atoms with van der Waals surface area (Å²) in [6, 6.07) is 7.35. The van der Waals surface area contributed by atoms with Gasteiger partial charge in [0, 0.05) is 0 Å². The van der Waals surface area contributed by atoms with Crippen molar-refractivity contribution >= 4 is 11.0 Å². The summed E-state index contributed by atoms with van der Waals surface area (Å²) in [4.78, 5) is 0.681. The van der Waals surface area contributed by atoms with Crippen molar-refractivity contribution in [3.8, 4) is 0 Å². The zero-order valence-electron chi connectivity index (χ0n) is 7.70. The third-order valence-corrected chi connectivity index (χ3v) is 1.94. The molecular weight excluding hydrogens is 170 g/mol. The highest BCUT2D eigenvalue weighted by atomic mass is 32.2. The van der Waals surface area contributed by atoms with Crippen molar-refractivity contribution in [2.24, 2.45) is 5.14 Å². The van der Waals surface area contributed by atoms with Crippen molar-refractivity contribution in [3.05, 3.63) is 29.8 Å². The van der Waals surface area contributed by atoms with Gasteiger partial charge in [0.15, 0.2) is 0 Å². The molecule has 0 saturated carbocycles. The summed E-state index contributed by atoms with van der Waals surface area (Å²) in [6.07, 6.45) is 0. The topological polar surface area (TPSA) is 43.1 Å². The summed E-state index contributed by atoms with van der Waals surface area (Å²) >= 11 is 0. The summed E-state index contributed by atoms with van der Waals surface area (Å²) in [7, 11) is -1.34. The van der Waals surface area contributed by atoms with Gasteiger partial charge in [-0.15, -0.1) is 0 Å². The van der Waals surface area contributed by atoms with E-state index in [1.165, 1.54) is 0 Å². The van der Waals surface area contributed by atoms with Gasteiger partial charge >= 0.3 is 0 Å². The smallest absolute Gasteiger partial charge is 0.122 e. The maximum atomic E-state index is 10.7. The number of hydrogen-bond donors (Lipinski definition) is 1. The highest BCUT2D eigenvalue weighted by molar-refractivity contribution is 7.82. The van der Waals surface area contributed by atoms with Crippen molar-refractivity contribution < 1.29 is 4.21 Å². The van der Waals surface area contributed by atoms with Crippen LogP contribution in [-0.4, -0.2) is 4.21 Å². The van der Waals surface area contributed by atoms with Gasteiger partial charge in [-0.2, -0.15) is 0 Å². The molecule has 0 fully saturated rings. The van der Waals surface area contributed by atoms with E-state index < -0.39 is 11.0 Å². The van der Waals surface area contributed by atoms with Gasteiger partial charge in [-0.25, -0.2) is 9.35 Å². The zero-order valence-corrected chi connectivity index (χ0v) is 8.52. The maximum Gasteiger partial charge on any atom is 0.122 e. The molecule has 0 radical (unpaired) electrons. The molecule has 0 spiro atoms. The van der Waals surface area contributed by atoms with E-state index in [1.807, 2.05) is 39.0 Å². The molecule has 0 heterocycles. The quantitative estimate of drug-likeness (QED) is 0.714. The summed E-state index contributed by atoms with van der Waals surface area (Å²) in [5.74, 6) is 0. The lowest BCUT2D eigenvalue weighted by molar-refractivity contribution is 0.684. The van der Waals surface area contributed by atoms with E-state index >= 15 is 0 Å². The molecule has 1 rings (SSSR count). The molecule has 0 aliphatic rings. The van der Waals surface area contributed by atoms with Crippen molar-refractivity contribution in [2.75, 3.05) is 0 Å². The lowest BCUT2D eigenvalue weighted by Gasteiger charge is -1.95. The van der Waals surface area contributed by atoms with Crippen LogP contribution in [0.25, 0.3) is 0 Å². The van der Waals surface area contributed by atoms with Crippen LogP contribution in [0.3, 0.4) is 0 Å². The van der Waals surface area contributed by atoms with Gasteiger partial charge in [0.1, 0.15) is 11.0 Å². The van der Waals surface area contributed by atoms with E-state index in [0.29, 0.717) is 4.90 Å². The highest BCUT2D eigenvalue weighted by Gasteiger charge is 1.94. The molecule has 12 heavy (non-hydrogen) atoms. The first kappa shape index (κ1) is 11.3. The second-order valence-corrected chi connectivity index (χ2v) is 3.18. The van der Waals surface area contributed by atoms with Crippen LogP contribution in [0.5, 0.6) is 0 Å². The van der Waals surface area contributed by atoms with Gasteiger partial charge in [0.25, 0.3) is 0 Å². The summed E-state index contributed by atoms with van der Waals surface area (Å²) < 4.78 is 10.7. The minimum absolute atomic E-state index is 0.681. The number of aryl methyl sites for hydroxylation is 1. The van der Waals surface area contributed by atoms with E-state index in [4.69, 9.17) is 5.14 Å².